The molecule has 184 valence electrons. The Morgan fingerprint density at radius 3 is 1.63 bits per heavy atom. The highest BCUT2D eigenvalue weighted by molar-refractivity contribution is 7.49. The molecule has 0 amide bonds. The maximum atomic E-state index is 14.0. The van der Waals surface area contributed by atoms with Crippen LogP contribution in [0.15, 0.2) is 66.7 Å². The molecule has 5 rings (SSSR count). The van der Waals surface area contributed by atoms with E-state index in [1.165, 1.54) is 14.2 Å². The number of epoxide rings is 2. The largest absolute Gasteiger partial charge is 0.647 e. The first-order chi connectivity index (χ1) is 17.0. The average molecular weight is 498 g/mol. The molecule has 35 heavy (non-hydrogen) atoms. The fourth-order valence-corrected chi connectivity index (χ4v) is 4.91. The zero-order chi connectivity index (χ0) is 24.3. The van der Waals surface area contributed by atoms with Crippen LogP contribution in [0, 0.1) is 0 Å². The fourth-order valence-electron chi connectivity index (χ4n) is 3.63. The summed E-state index contributed by atoms with van der Waals surface area (Å²) in [6.45, 7) is 1.51. The molecule has 8 nitrogen and oxygen atoms in total. The Kier molecular flexibility index (Phi) is 6.86. The van der Waals surface area contributed by atoms with Gasteiger partial charge in [-0.3, -0.25) is 0 Å². The van der Waals surface area contributed by atoms with Gasteiger partial charge in [-0.2, -0.15) is 4.57 Å². The summed E-state index contributed by atoms with van der Waals surface area (Å²) in [5.41, 5.74) is 2.04. The van der Waals surface area contributed by atoms with E-state index < -0.39 is 7.82 Å². The van der Waals surface area contributed by atoms with Gasteiger partial charge < -0.3 is 32.5 Å². The number of methoxy groups -OCH3 is 2. The summed E-state index contributed by atoms with van der Waals surface area (Å²) in [6, 6.07) is 19.5. The first-order valence-corrected chi connectivity index (χ1v) is 12.8. The van der Waals surface area contributed by atoms with Crippen molar-refractivity contribution < 1.29 is 37.1 Å². The zero-order valence-electron chi connectivity index (χ0n) is 19.5. The third-order valence-electron chi connectivity index (χ3n) is 5.57. The van der Waals surface area contributed by atoms with Gasteiger partial charge in [-0.05, 0) is 47.5 Å². The maximum Gasteiger partial charge on any atom is 0.647 e. The Morgan fingerprint density at radius 2 is 1.20 bits per heavy atom. The molecule has 0 N–H and O–H groups in total. The van der Waals surface area contributed by atoms with Crippen molar-refractivity contribution in [3.63, 3.8) is 0 Å². The number of hydrogen-bond acceptors (Lipinski definition) is 8. The first kappa shape index (κ1) is 23.5. The Morgan fingerprint density at radius 1 is 0.714 bits per heavy atom. The molecule has 0 saturated carbocycles. The number of phosphoric acid groups is 1. The van der Waals surface area contributed by atoms with E-state index in [1.54, 1.807) is 36.4 Å². The third-order valence-corrected chi connectivity index (χ3v) is 6.84. The molecular formula is C26H27O8P. The number of para-hydroxylation sites is 1. The average Bonchev–Trinajstić information content (AvgIpc) is 3.79. The van der Waals surface area contributed by atoms with Crippen LogP contribution in [0.4, 0.5) is 0 Å². The summed E-state index contributed by atoms with van der Waals surface area (Å²) in [4.78, 5) is 0. The number of rotatable bonds is 12. The van der Waals surface area contributed by atoms with Crippen molar-refractivity contribution in [2.45, 2.75) is 25.0 Å². The molecule has 2 saturated heterocycles. The highest BCUT2D eigenvalue weighted by Gasteiger charge is 2.36. The van der Waals surface area contributed by atoms with Crippen molar-refractivity contribution in [3.05, 3.63) is 77.9 Å². The highest BCUT2D eigenvalue weighted by atomic mass is 31.2. The minimum atomic E-state index is -4.24. The third kappa shape index (κ3) is 6.28. The van der Waals surface area contributed by atoms with Gasteiger partial charge in [0.25, 0.3) is 0 Å². The predicted molar refractivity (Wildman–Crippen MR) is 129 cm³/mol. The van der Waals surface area contributed by atoms with E-state index in [4.69, 9.17) is 32.5 Å². The van der Waals surface area contributed by atoms with Crippen LogP contribution in [0.1, 0.15) is 11.1 Å². The maximum absolute atomic E-state index is 14.0. The summed E-state index contributed by atoms with van der Waals surface area (Å²) < 4.78 is 53.2. The lowest BCUT2D eigenvalue weighted by Gasteiger charge is -2.22. The quantitative estimate of drug-likeness (QED) is 0.248. The number of benzene rings is 3. The standard InChI is InChI=1S/C26H27O8P/c1-28-25-14-18(12-21-16-30-21)8-10-23(25)33-35(27,32-20-6-4-3-5-7-20)34-24-11-9-19(13-22-17-31-22)15-26(24)29-2/h3-11,14-15,21-22H,12-13,16-17H2,1-2H3. The van der Waals surface area contributed by atoms with Crippen LogP contribution in [-0.2, 0) is 26.9 Å². The lowest BCUT2D eigenvalue weighted by Crippen LogP contribution is -2.09. The monoisotopic (exact) mass is 498 g/mol. The normalized spacial score (nSPS) is 19.8. The van der Waals surface area contributed by atoms with Crippen LogP contribution in [0.2, 0.25) is 0 Å². The van der Waals surface area contributed by atoms with E-state index in [0.717, 1.165) is 37.2 Å². The minimum Gasteiger partial charge on any atom is -0.493 e. The first-order valence-electron chi connectivity index (χ1n) is 11.3. The van der Waals surface area contributed by atoms with Gasteiger partial charge in [0.05, 0.1) is 39.6 Å². The minimum absolute atomic E-state index is 0.226. The van der Waals surface area contributed by atoms with E-state index in [2.05, 4.69) is 0 Å². The van der Waals surface area contributed by atoms with Crippen LogP contribution < -0.4 is 23.0 Å². The molecule has 2 aliphatic heterocycles. The molecule has 0 aliphatic carbocycles. The second-order valence-corrected chi connectivity index (χ2v) is 9.77. The molecule has 0 spiro atoms. The van der Waals surface area contributed by atoms with Crippen LogP contribution in [0.3, 0.4) is 0 Å². The summed E-state index contributed by atoms with van der Waals surface area (Å²) in [7, 11) is -1.19. The van der Waals surface area contributed by atoms with E-state index in [1.807, 2.05) is 30.3 Å². The molecule has 0 aromatic heterocycles. The number of hydrogen-bond donors (Lipinski definition) is 0. The van der Waals surface area contributed by atoms with Crippen molar-refractivity contribution in [2.24, 2.45) is 0 Å². The molecule has 3 aromatic rings. The van der Waals surface area contributed by atoms with Gasteiger partial charge in [0.2, 0.25) is 0 Å². The van der Waals surface area contributed by atoms with Crippen LogP contribution in [0.5, 0.6) is 28.7 Å². The summed E-state index contributed by atoms with van der Waals surface area (Å²) in [6.07, 6.45) is 1.98. The van der Waals surface area contributed by atoms with Crippen molar-refractivity contribution in [1.82, 2.24) is 0 Å². The summed E-state index contributed by atoms with van der Waals surface area (Å²) >= 11 is 0. The molecule has 2 unspecified atom stereocenters. The van der Waals surface area contributed by atoms with E-state index >= 15 is 0 Å². The van der Waals surface area contributed by atoms with Gasteiger partial charge in [0, 0.05) is 12.8 Å². The Labute approximate surface area is 204 Å². The summed E-state index contributed by atoms with van der Waals surface area (Å²) in [5.74, 6) is 1.62. The van der Waals surface area contributed by atoms with Crippen LogP contribution in [0.25, 0.3) is 0 Å². The zero-order valence-corrected chi connectivity index (χ0v) is 20.4. The van der Waals surface area contributed by atoms with Crippen molar-refractivity contribution in [2.75, 3.05) is 27.4 Å². The van der Waals surface area contributed by atoms with Crippen molar-refractivity contribution >= 4 is 7.82 Å². The lowest BCUT2D eigenvalue weighted by molar-refractivity contribution is 0.284. The predicted octanol–water partition coefficient (Wildman–Crippen LogP) is 5.23. The van der Waals surface area contributed by atoms with Gasteiger partial charge in [0.1, 0.15) is 5.75 Å². The molecule has 2 heterocycles. The fraction of sp³-hybridized carbons (Fsp3) is 0.308. The van der Waals surface area contributed by atoms with Gasteiger partial charge in [-0.1, -0.05) is 30.3 Å². The van der Waals surface area contributed by atoms with Gasteiger partial charge in [0.15, 0.2) is 23.0 Å². The highest BCUT2D eigenvalue weighted by Crippen LogP contribution is 2.53. The molecule has 9 heteroatoms. The lowest BCUT2D eigenvalue weighted by atomic mass is 10.1. The number of ether oxygens (including phenoxy) is 4. The Hall–Kier alpha value is -3.19. The van der Waals surface area contributed by atoms with E-state index in [9.17, 15) is 4.57 Å². The molecule has 0 radical (unpaired) electrons. The van der Waals surface area contributed by atoms with Gasteiger partial charge in [-0.15, -0.1) is 0 Å². The van der Waals surface area contributed by atoms with Gasteiger partial charge in [-0.25, -0.2) is 0 Å². The number of phosphoric ester groups is 1. The van der Waals surface area contributed by atoms with E-state index in [-0.39, 0.29) is 23.7 Å². The summed E-state index contributed by atoms with van der Waals surface area (Å²) in [5, 5.41) is 0. The molecule has 2 atom stereocenters. The molecule has 2 fully saturated rings. The SMILES string of the molecule is COc1cc(CC2CO2)ccc1OP(=O)(Oc1ccccc1)Oc1ccc(CC2CO2)cc1OC. The van der Waals surface area contributed by atoms with Crippen molar-refractivity contribution in [1.29, 1.82) is 0 Å². The molecule has 3 aromatic carbocycles. The van der Waals surface area contributed by atoms with Crippen molar-refractivity contribution in [3.8, 4) is 28.7 Å². The Bertz CT molecular complexity index is 1140. The second-order valence-electron chi connectivity index (χ2n) is 8.32. The Balaban J connectivity index is 1.43. The van der Waals surface area contributed by atoms with Crippen LogP contribution in [-0.4, -0.2) is 39.6 Å². The molecule has 2 aliphatic rings. The topological polar surface area (TPSA) is 88.3 Å². The smallest absolute Gasteiger partial charge is 0.493 e. The second kappa shape index (κ2) is 10.2. The van der Waals surface area contributed by atoms with E-state index in [0.29, 0.717) is 17.2 Å². The molecule has 0 bridgehead atoms. The molecular weight excluding hydrogens is 471 g/mol. The van der Waals surface area contributed by atoms with Crippen LogP contribution >= 0.6 is 7.82 Å². The van der Waals surface area contributed by atoms with Gasteiger partial charge >= 0.3 is 7.82 Å².